The fourth-order valence-electron chi connectivity index (χ4n) is 2.91. The molecular weight excluding hydrogens is 490 g/mol. The summed E-state index contributed by atoms with van der Waals surface area (Å²) < 4.78 is 66.7. The zero-order valence-corrected chi connectivity index (χ0v) is 19.7. The average Bonchev–Trinajstić information content (AvgIpc) is 3.49. The molecule has 0 atom stereocenters. The minimum absolute atomic E-state index is 0.0323. The minimum Gasteiger partial charge on any atom is -0.360 e. The van der Waals surface area contributed by atoms with Gasteiger partial charge in [-0.25, -0.2) is 0 Å². The van der Waals surface area contributed by atoms with E-state index >= 15 is 0 Å². The molecule has 0 heterocycles. The maximum atomic E-state index is 11.9. The maximum absolute atomic E-state index is 11.9. The molecule has 1 aliphatic rings. The lowest BCUT2D eigenvalue weighted by Gasteiger charge is -2.12. The molecule has 0 aliphatic heterocycles. The van der Waals surface area contributed by atoms with Crippen LogP contribution >= 0.6 is 12.2 Å². The first-order valence-electron chi connectivity index (χ1n) is 9.59. The van der Waals surface area contributed by atoms with Crippen LogP contribution in [0.15, 0.2) is 46.2 Å². The highest BCUT2D eigenvalue weighted by atomic mass is 32.2. The summed E-state index contributed by atoms with van der Waals surface area (Å²) in [7, 11) is -9.30. The Labute approximate surface area is 196 Å². The molecule has 176 valence electrons. The summed E-state index contributed by atoms with van der Waals surface area (Å²) in [5.74, 6) is -0.433. The molecular formula is C20H21N3O7S3. The minimum atomic E-state index is -4.66. The van der Waals surface area contributed by atoms with E-state index in [2.05, 4.69) is 16.0 Å². The Morgan fingerprint density at radius 3 is 1.76 bits per heavy atom. The van der Waals surface area contributed by atoms with Crippen molar-refractivity contribution in [3.05, 3.63) is 47.5 Å². The molecule has 0 bridgehead atoms. The van der Waals surface area contributed by atoms with Crippen molar-refractivity contribution in [1.29, 1.82) is 0 Å². The van der Waals surface area contributed by atoms with Crippen LogP contribution in [0.25, 0.3) is 12.2 Å². The van der Waals surface area contributed by atoms with Crippen molar-refractivity contribution in [3.63, 3.8) is 0 Å². The third kappa shape index (κ3) is 7.07. The van der Waals surface area contributed by atoms with Gasteiger partial charge in [0.05, 0.1) is 0 Å². The third-order valence-electron chi connectivity index (χ3n) is 4.52. The first-order valence-corrected chi connectivity index (χ1v) is 12.9. The molecule has 0 spiro atoms. The second-order valence-corrected chi connectivity index (χ2v) is 10.5. The van der Waals surface area contributed by atoms with Gasteiger partial charge in [-0.1, -0.05) is 24.3 Å². The number of carbonyl (C=O) groups is 1. The molecule has 1 amide bonds. The fraction of sp³-hybridized carbons (Fsp3) is 0.200. The first kappa shape index (κ1) is 24.8. The van der Waals surface area contributed by atoms with Crippen LogP contribution in [0.3, 0.4) is 0 Å². The first-order chi connectivity index (χ1) is 15.3. The number of thiocarbonyl (C=S) groups is 1. The lowest BCUT2D eigenvalue weighted by Crippen LogP contribution is -2.30. The largest absolute Gasteiger partial charge is 0.360 e. The molecule has 5 N–H and O–H groups in total. The van der Waals surface area contributed by atoms with E-state index in [1.807, 2.05) is 0 Å². The molecule has 1 fully saturated rings. The SMILES string of the molecule is CC(=O)Nc1ccc(C=Cc2ccc(NC(=S)NC3CC3)cc2S(=O)(=O)O)c(S(=O)(=O)O)c1. The van der Waals surface area contributed by atoms with Crippen molar-refractivity contribution in [2.24, 2.45) is 0 Å². The van der Waals surface area contributed by atoms with Gasteiger partial charge >= 0.3 is 0 Å². The molecule has 0 aromatic heterocycles. The van der Waals surface area contributed by atoms with Gasteiger partial charge in [0.25, 0.3) is 20.2 Å². The van der Waals surface area contributed by atoms with E-state index < -0.39 is 35.9 Å². The van der Waals surface area contributed by atoms with Gasteiger partial charge in [-0.05, 0) is 60.5 Å². The normalized spacial score (nSPS) is 14.2. The number of benzene rings is 2. The Bertz CT molecular complexity index is 1350. The molecule has 0 unspecified atom stereocenters. The highest BCUT2D eigenvalue weighted by molar-refractivity contribution is 7.86. The second kappa shape index (κ2) is 9.57. The van der Waals surface area contributed by atoms with E-state index in [-0.39, 0.29) is 16.8 Å². The molecule has 33 heavy (non-hydrogen) atoms. The number of hydrogen-bond acceptors (Lipinski definition) is 6. The summed E-state index contributed by atoms with van der Waals surface area (Å²) in [6.45, 7) is 1.24. The van der Waals surface area contributed by atoms with Gasteiger partial charge in [-0.2, -0.15) is 16.8 Å². The van der Waals surface area contributed by atoms with E-state index in [0.29, 0.717) is 16.8 Å². The van der Waals surface area contributed by atoms with Crippen molar-refractivity contribution >= 4 is 67.0 Å². The fourth-order valence-corrected chi connectivity index (χ4v) is 4.61. The number of nitrogens with one attached hydrogen (secondary N) is 3. The number of rotatable bonds is 7. The van der Waals surface area contributed by atoms with Crippen LogP contribution < -0.4 is 16.0 Å². The Morgan fingerprint density at radius 1 is 0.909 bits per heavy atom. The molecule has 10 nitrogen and oxygen atoms in total. The van der Waals surface area contributed by atoms with Crippen molar-refractivity contribution in [1.82, 2.24) is 5.32 Å². The Hall–Kier alpha value is -2.84. The Balaban J connectivity index is 1.95. The second-order valence-electron chi connectivity index (χ2n) is 7.34. The number of anilines is 2. The number of hydrogen-bond donors (Lipinski definition) is 5. The van der Waals surface area contributed by atoms with Gasteiger partial charge in [0.1, 0.15) is 9.79 Å². The van der Waals surface area contributed by atoms with Crippen LogP contribution in [0.2, 0.25) is 0 Å². The van der Waals surface area contributed by atoms with E-state index in [1.54, 1.807) is 6.07 Å². The van der Waals surface area contributed by atoms with Crippen LogP contribution in [-0.4, -0.2) is 43.0 Å². The molecule has 2 aromatic rings. The highest BCUT2D eigenvalue weighted by Crippen LogP contribution is 2.26. The average molecular weight is 512 g/mol. The maximum Gasteiger partial charge on any atom is 0.295 e. The van der Waals surface area contributed by atoms with Gasteiger partial charge < -0.3 is 16.0 Å². The number of carbonyl (C=O) groups excluding carboxylic acids is 1. The molecule has 1 aliphatic carbocycles. The lowest BCUT2D eigenvalue weighted by molar-refractivity contribution is -0.114. The van der Waals surface area contributed by atoms with Crippen LogP contribution in [0.4, 0.5) is 11.4 Å². The molecule has 0 saturated heterocycles. The topological polar surface area (TPSA) is 162 Å². The van der Waals surface area contributed by atoms with Crippen LogP contribution in [-0.2, 0) is 25.0 Å². The van der Waals surface area contributed by atoms with Crippen molar-refractivity contribution < 1.29 is 30.7 Å². The van der Waals surface area contributed by atoms with Gasteiger partial charge in [0.2, 0.25) is 5.91 Å². The monoisotopic (exact) mass is 511 g/mol. The summed E-state index contributed by atoms with van der Waals surface area (Å²) >= 11 is 5.17. The van der Waals surface area contributed by atoms with Crippen LogP contribution in [0, 0.1) is 0 Å². The molecule has 2 aromatic carbocycles. The van der Waals surface area contributed by atoms with Crippen molar-refractivity contribution in [3.8, 4) is 0 Å². The summed E-state index contributed by atoms with van der Waals surface area (Å²) in [6, 6.07) is 8.25. The third-order valence-corrected chi connectivity index (χ3v) is 6.55. The van der Waals surface area contributed by atoms with Crippen molar-refractivity contribution in [2.45, 2.75) is 35.6 Å². The molecule has 3 rings (SSSR count). The predicted molar refractivity (Wildman–Crippen MR) is 128 cm³/mol. The van der Waals surface area contributed by atoms with Crippen LogP contribution in [0.1, 0.15) is 30.9 Å². The van der Waals surface area contributed by atoms with Crippen LogP contribution in [0.5, 0.6) is 0 Å². The zero-order valence-electron chi connectivity index (χ0n) is 17.3. The quantitative estimate of drug-likeness (QED) is 0.212. The summed E-state index contributed by atoms with van der Waals surface area (Å²) in [5, 5.41) is 8.63. The van der Waals surface area contributed by atoms with E-state index in [1.165, 1.54) is 43.3 Å². The van der Waals surface area contributed by atoms with Gasteiger partial charge in [0, 0.05) is 24.3 Å². The lowest BCUT2D eigenvalue weighted by atomic mass is 10.1. The number of amides is 1. The predicted octanol–water partition coefficient (Wildman–Crippen LogP) is 2.76. The standard InChI is InChI=1S/C20H21N3O7S3/c1-12(24)21-16-6-4-13(18(10-16)32(25,26)27)2-3-14-5-7-17(11-19(14)33(28,29)30)23-20(31)22-15-8-9-15/h2-7,10-11,15H,8-9H2,1H3,(H,21,24)(H2,22,23,31)(H,25,26,27)(H,28,29,30). The Morgan fingerprint density at radius 2 is 1.36 bits per heavy atom. The Kier molecular flexibility index (Phi) is 7.19. The van der Waals surface area contributed by atoms with Gasteiger partial charge in [-0.3, -0.25) is 13.9 Å². The molecule has 13 heteroatoms. The summed E-state index contributed by atoms with van der Waals surface area (Å²) in [5.41, 5.74) is 0.578. The van der Waals surface area contributed by atoms with Gasteiger partial charge in [0.15, 0.2) is 5.11 Å². The highest BCUT2D eigenvalue weighted by Gasteiger charge is 2.22. The van der Waals surface area contributed by atoms with E-state index in [4.69, 9.17) is 12.2 Å². The smallest absolute Gasteiger partial charge is 0.295 e. The van der Waals surface area contributed by atoms with E-state index in [9.17, 15) is 30.7 Å². The summed E-state index contributed by atoms with van der Waals surface area (Å²) in [6.07, 6.45) is 4.53. The van der Waals surface area contributed by atoms with Gasteiger partial charge in [-0.15, -0.1) is 0 Å². The zero-order chi connectivity index (χ0) is 24.4. The summed E-state index contributed by atoms with van der Waals surface area (Å²) in [4.78, 5) is 10.3. The molecule has 0 radical (unpaired) electrons. The molecule has 1 saturated carbocycles. The van der Waals surface area contributed by atoms with E-state index in [0.717, 1.165) is 18.9 Å². The van der Waals surface area contributed by atoms with Crippen molar-refractivity contribution in [2.75, 3.05) is 10.6 Å².